The molecule has 96 valence electrons. The Morgan fingerprint density at radius 2 is 1.94 bits per heavy atom. The Labute approximate surface area is 111 Å². The molecule has 1 atom stereocenters. The highest BCUT2D eigenvalue weighted by atomic mass is 35.5. The van der Waals surface area contributed by atoms with Crippen molar-refractivity contribution >= 4 is 33.2 Å². The Bertz CT molecular complexity index is 442. The molecule has 0 bridgehead atoms. The Hall–Kier alpha value is -0.230. The van der Waals surface area contributed by atoms with E-state index in [4.69, 9.17) is 11.6 Å². The van der Waals surface area contributed by atoms with Crippen LogP contribution < -0.4 is 0 Å². The van der Waals surface area contributed by atoms with Crippen LogP contribution in [-0.4, -0.2) is 37.4 Å². The third-order valence-corrected chi connectivity index (χ3v) is 4.46. The number of halogens is 1. The molecule has 0 aromatic heterocycles. The van der Waals surface area contributed by atoms with Gasteiger partial charge >= 0.3 is 0 Å². The molecule has 0 amide bonds. The number of hydrogen-bond donors (Lipinski definition) is 1. The topological polar surface area (TPSA) is 54.4 Å². The minimum absolute atomic E-state index is 0.0232. The van der Waals surface area contributed by atoms with E-state index in [1.165, 1.54) is 18.0 Å². The summed E-state index contributed by atoms with van der Waals surface area (Å²) in [6.45, 7) is 0. The molecule has 0 fully saturated rings. The maximum Gasteiger partial charge on any atom is 0.147 e. The average molecular weight is 295 g/mol. The molecular weight excluding hydrogens is 280 g/mol. The first-order chi connectivity index (χ1) is 7.87. The SMILES string of the molecule is CS(=O)(=O)CCC(O)CSc1ccc(Cl)cc1. The summed E-state index contributed by atoms with van der Waals surface area (Å²) in [5.41, 5.74) is 0. The first-order valence-electron chi connectivity index (χ1n) is 5.11. The highest BCUT2D eigenvalue weighted by molar-refractivity contribution is 7.99. The monoisotopic (exact) mass is 294 g/mol. The summed E-state index contributed by atoms with van der Waals surface area (Å²) < 4.78 is 21.8. The van der Waals surface area contributed by atoms with Gasteiger partial charge in [-0.3, -0.25) is 0 Å². The zero-order chi connectivity index (χ0) is 12.9. The molecule has 0 aliphatic carbocycles. The van der Waals surface area contributed by atoms with E-state index in [2.05, 4.69) is 0 Å². The molecule has 0 radical (unpaired) electrons. The lowest BCUT2D eigenvalue weighted by Gasteiger charge is -2.09. The van der Waals surface area contributed by atoms with Gasteiger partial charge in [-0.05, 0) is 30.7 Å². The van der Waals surface area contributed by atoms with E-state index in [0.29, 0.717) is 10.8 Å². The summed E-state index contributed by atoms with van der Waals surface area (Å²) in [5.74, 6) is 0.506. The molecule has 1 unspecified atom stereocenters. The fraction of sp³-hybridized carbons (Fsp3) is 0.455. The normalized spacial score (nSPS) is 13.6. The molecular formula is C11H15ClO3S2. The standard InChI is InChI=1S/C11H15ClO3S2/c1-17(14,15)7-6-10(13)8-16-11-4-2-9(12)3-5-11/h2-5,10,13H,6-8H2,1H3. The summed E-state index contributed by atoms with van der Waals surface area (Å²) >= 11 is 7.23. The molecule has 1 rings (SSSR count). The van der Waals surface area contributed by atoms with Gasteiger partial charge in [-0.1, -0.05) is 11.6 Å². The Kier molecular flexibility index (Phi) is 5.79. The number of benzene rings is 1. The second-order valence-electron chi connectivity index (χ2n) is 3.84. The van der Waals surface area contributed by atoms with Gasteiger partial charge in [0.2, 0.25) is 0 Å². The molecule has 0 saturated carbocycles. The lowest BCUT2D eigenvalue weighted by molar-refractivity contribution is 0.196. The fourth-order valence-electron chi connectivity index (χ4n) is 1.16. The zero-order valence-corrected chi connectivity index (χ0v) is 11.9. The van der Waals surface area contributed by atoms with Gasteiger partial charge in [-0.15, -0.1) is 11.8 Å². The molecule has 0 spiro atoms. The highest BCUT2D eigenvalue weighted by Crippen LogP contribution is 2.21. The third-order valence-electron chi connectivity index (χ3n) is 2.08. The summed E-state index contributed by atoms with van der Waals surface area (Å²) in [4.78, 5) is 1.01. The van der Waals surface area contributed by atoms with Crippen LogP contribution in [0.15, 0.2) is 29.2 Å². The van der Waals surface area contributed by atoms with Crippen LogP contribution in [0.1, 0.15) is 6.42 Å². The Morgan fingerprint density at radius 3 is 2.47 bits per heavy atom. The van der Waals surface area contributed by atoms with Crippen LogP contribution in [-0.2, 0) is 9.84 Å². The van der Waals surface area contributed by atoms with Crippen LogP contribution in [0, 0.1) is 0 Å². The molecule has 0 saturated heterocycles. The van der Waals surface area contributed by atoms with Crippen molar-refractivity contribution < 1.29 is 13.5 Å². The van der Waals surface area contributed by atoms with E-state index in [1.54, 1.807) is 12.1 Å². The van der Waals surface area contributed by atoms with Gasteiger partial charge in [0, 0.05) is 21.9 Å². The number of hydrogen-bond acceptors (Lipinski definition) is 4. The van der Waals surface area contributed by atoms with E-state index >= 15 is 0 Å². The van der Waals surface area contributed by atoms with Crippen LogP contribution in [0.25, 0.3) is 0 Å². The van der Waals surface area contributed by atoms with E-state index in [-0.39, 0.29) is 12.2 Å². The van der Waals surface area contributed by atoms with Crippen molar-refractivity contribution in [2.45, 2.75) is 17.4 Å². The number of aliphatic hydroxyl groups is 1. The van der Waals surface area contributed by atoms with Crippen LogP contribution >= 0.6 is 23.4 Å². The lowest BCUT2D eigenvalue weighted by atomic mass is 10.3. The molecule has 3 nitrogen and oxygen atoms in total. The van der Waals surface area contributed by atoms with Gasteiger partial charge in [0.15, 0.2) is 0 Å². The largest absolute Gasteiger partial charge is 0.392 e. The molecule has 6 heteroatoms. The number of sulfone groups is 1. The van der Waals surface area contributed by atoms with E-state index < -0.39 is 15.9 Å². The van der Waals surface area contributed by atoms with Crippen LogP contribution in [0.4, 0.5) is 0 Å². The van der Waals surface area contributed by atoms with Crippen molar-refractivity contribution in [3.05, 3.63) is 29.3 Å². The van der Waals surface area contributed by atoms with Gasteiger partial charge in [0.1, 0.15) is 9.84 Å². The summed E-state index contributed by atoms with van der Waals surface area (Å²) in [5, 5.41) is 10.3. The van der Waals surface area contributed by atoms with Gasteiger partial charge in [0.25, 0.3) is 0 Å². The van der Waals surface area contributed by atoms with Crippen molar-refractivity contribution in [2.75, 3.05) is 17.8 Å². The van der Waals surface area contributed by atoms with Crippen LogP contribution in [0.2, 0.25) is 5.02 Å². The summed E-state index contributed by atoms with van der Waals surface area (Å²) in [6.07, 6.45) is 0.844. The maximum absolute atomic E-state index is 10.9. The number of aliphatic hydroxyl groups excluding tert-OH is 1. The molecule has 1 aromatic rings. The van der Waals surface area contributed by atoms with Crippen molar-refractivity contribution in [1.29, 1.82) is 0 Å². The van der Waals surface area contributed by atoms with Crippen molar-refractivity contribution in [2.24, 2.45) is 0 Å². The number of rotatable bonds is 6. The Morgan fingerprint density at radius 1 is 1.35 bits per heavy atom. The van der Waals surface area contributed by atoms with Gasteiger partial charge in [-0.25, -0.2) is 8.42 Å². The first kappa shape index (κ1) is 14.8. The molecule has 0 heterocycles. The van der Waals surface area contributed by atoms with Crippen LogP contribution in [0.5, 0.6) is 0 Å². The smallest absolute Gasteiger partial charge is 0.147 e. The van der Waals surface area contributed by atoms with Gasteiger partial charge < -0.3 is 5.11 Å². The average Bonchev–Trinajstić information content (AvgIpc) is 2.25. The number of thioether (sulfide) groups is 1. The van der Waals surface area contributed by atoms with Crippen molar-refractivity contribution in [3.8, 4) is 0 Å². The lowest BCUT2D eigenvalue weighted by Crippen LogP contribution is -2.16. The molecule has 1 N–H and O–H groups in total. The summed E-state index contributed by atoms with van der Waals surface area (Å²) in [7, 11) is -2.99. The third kappa shape index (κ3) is 6.93. The first-order valence-corrected chi connectivity index (χ1v) is 8.53. The van der Waals surface area contributed by atoms with E-state index in [9.17, 15) is 13.5 Å². The van der Waals surface area contributed by atoms with E-state index in [1.807, 2.05) is 12.1 Å². The zero-order valence-electron chi connectivity index (χ0n) is 9.47. The molecule has 0 aliphatic rings. The highest BCUT2D eigenvalue weighted by Gasteiger charge is 2.09. The minimum atomic E-state index is -2.99. The minimum Gasteiger partial charge on any atom is -0.392 e. The second-order valence-corrected chi connectivity index (χ2v) is 7.63. The van der Waals surface area contributed by atoms with Crippen molar-refractivity contribution in [1.82, 2.24) is 0 Å². The second kappa shape index (κ2) is 6.64. The molecule has 17 heavy (non-hydrogen) atoms. The van der Waals surface area contributed by atoms with Gasteiger partial charge in [0.05, 0.1) is 11.9 Å². The van der Waals surface area contributed by atoms with Gasteiger partial charge in [-0.2, -0.15) is 0 Å². The Balaban J connectivity index is 2.33. The predicted octanol–water partition coefficient (Wildman–Crippen LogP) is 2.23. The predicted molar refractivity (Wildman–Crippen MR) is 72.5 cm³/mol. The fourth-order valence-corrected chi connectivity index (χ4v) is 2.86. The molecule has 0 aliphatic heterocycles. The quantitative estimate of drug-likeness (QED) is 0.818. The van der Waals surface area contributed by atoms with Crippen LogP contribution in [0.3, 0.4) is 0 Å². The maximum atomic E-state index is 10.9. The summed E-state index contributed by atoms with van der Waals surface area (Å²) in [6, 6.07) is 7.31. The van der Waals surface area contributed by atoms with E-state index in [0.717, 1.165) is 4.90 Å². The van der Waals surface area contributed by atoms with Crippen molar-refractivity contribution in [3.63, 3.8) is 0 Å². The molecule has 1 aromatic carbocycles.